The molecule has 0 bridgehead atoms. The van der Waals surface area contributed by atoms with E-state index in [4.69, 9.17) is 14.6 Å². The number of carbonyl (C=O) groups is 2. The van der Waals surface area contributed by atoms with E-state index in [1.807, 2.05) is 33.8 Å². The smallest absolute Gasteiger partial charge is 0.324 e. The fourth-order valence-electron chi connectivity index (χ4n) is 4.80. The molecule has 2 aromatic carbocycles. The lowest BCUT2D eigenvalue weighted by Crippen LogP contribution is -2.22. The van der Waals surface area contributed by atoms with Crippen LogP contribution in [0.2, 0.25) is 0 Å². The monoisotopic (exact) mass is 585 g/mol. The minimum Gasteiger partial charge on any atom is -0.457 e. The molecular formula is C33H36FN5O4. The standard InChI is InChI=1S/C33H36FN5O4/c1-21-17-26(14-15-35-21)43-25-10-12-28(27(34)19-25)36-32(41)37-31-20-30(33(2,3)4)38-39(31)23-8-5-7-22(18-23)29(40)13-11-24-9-6-16-42-24/h5,7-8,10,12,14-15,17-20,24H,6,9,11,13,16H2,1-4H3,(H2,36,37,41). The molecule has 4 aromatic rings. The van der Waals surface area contributed by atoms with Crippen LogP contribution in [-0.2, 0) is 10.2 Å². The van der Waals surface area contributed by atoms with Crippen LogP contribution in [0.3, 0.4) is 0 Å². The molecule has 5 rings (SSSR count). The van der Waals surface area contributed by atoms with Crippen molar-refractivity contribution in [3.8, 4) is 17.2 Å². The lowest BCUT2D eigenvalue weighted by Gasteiger charge is -2.14. The Kier molecular flexibility index (Phi) is 8.86. The Hall–Kier alpha value is -4.57. The summed E-state index contributed by atoms with van der Waals surface area (Å²) in [6.07, 6.45) is 4.86. The molecule has 2 amide bonds. The topological polar surface area (TPSA) is 107 Å². The summed E-state index contributed by atoms with van der Waals surface area (Å²) in [4.78, 5) is 30.1. The molecule has 43 heavy (non-hydrogen) atoms. The van der Waals surface area contributed by atoms with Gasteiger partial charge in [0.05, 0.1) is 23.2 Å². The van der Waals surface area contributed by atoms with Gasteiger partial charge in [-0.25, -0.2) is 13.9 Å². The lowest BCUT2D eigenvalue weighted by atomic mass is 9.92. The first kappa shape index (κ1) is 29.9. The molecule has 1 atom stereocenters. The number of pyridine rings is 1. The molecule has 1 saturated heterocycles. The van der Waals surface area contributed by atoms with Gasteiger partial charge < -0.3 is 14.8 Å². The Morgan fingerprint density at radius 3 is 2.60 bits per heavy atom. The molecule has 0 spiro atoms. The van der Waals surface area contributed by atoms with Crippen LogP contribution in [0.4, 0.5) is 20.7 Å². The number of hydrogen-bond acceptors (Lipinski definition) is 6. The quantitative estimate of drug-likeness (QED) is 0.196. The van der Waals surface area contributed by atoms with E-state index in [0.717, 1.165) is 30.8 Å². The molecular weight excluding hydrogens is 549 g/mol. The third-order valence-corrected chi connectivity index (χ3v) is 7.14. The number of amides is 2. The highest BCUT2D eigenvalue weighted by Crippen LogP contribution is 2.29. The van der Waals surface area contributed by atoms with E-state index in [9.17, 15) is 14.0 Å². The number of Topliss-reactive ketones (excluding diaryl/α,β-unsaturated/α-hetero) is 1. The first-order valence-corrected chi connectivity index (χ1v) is 14.4. The van der Waals surface area contributed by atoms with E-state index in [1.165, 1.54) is 12.1 Å². The maximum Gasteiger partial charge on any atom is 0.324 e. The summed E-state index contributed by atoms with van der Waals surface area (Å²) in [6.45, 7) is 8.63. The second-order valence-electron chi connectivity index (χ2n) is 11.7. The largest absolute Gasteiger partial charge is 0.457 e. The van der Waals surface area contributed by atoms with Crippen molar-refractivity contribution in [3.63, 3.8) is 0 Å². The van der Waals surface area contributed by atoms with E-state index in [-0.39, 0.29) is 28.7 Å². The van der Waals surface area contributed by atoms with Gasteiger partial charge in [0, 0.05) is 54.1 Å². The van der Waals surface area contributed by atoms with Crippen molar-refractivity contribution < 1.29 is 23.5 Å². The zero-order chi connectivity index (χ0) is 30.6. The number of aryl methyl sites for hydroxylation is 1. The minimum absolute atomic E-state index is 0.0169. The molecule has 1 unspecified atom stereocenters. The molecule has 1 fully saturated rings. The van der Waals surface area contributed by atoms with Crippen LogP contribution in [-0.4, -0.2) is 39.3 Å². The summed E-state index contributed by atoms with van der Waals surface area (Å²) in [5, 5.41) is 10.1. The summed E-state index contributed by atoms with van der Waals surface area (Å²) in [5.74, 6) is 0.556. The van der Waals surface area contributed by atoms with Crippen molar-refractivity contribution in [1.82, 2.24) is 14.8 Å². The molecule has 9 nitrogen and oxygen atoms in total. The molecule has 2 N–H and O–H groups in total. The molecule has 0 aliphatic carbocycles. The fourth-order valence-corrected chi connectivity index (χ4v) is 4.80. The molecule has 2 aromatic heterocycles. The first-order chi connectivity index (χ1) is 20.5. The summed E-state index contributed by atoms with van der Waals surface area (Å²) >= 11 is 0. The number of anilines is 2. The summed E-state index contributed by atoms with van der Waals surface area (Å²) in [6, 6.07) is 15.9. The van der Waals surface area contributed by atoms with E-state index >= 15 is 0 Å². The number of aromatic nitrogens is 3. The fraction of sp³-hybridized carbons (Fsp3) is 0.333. The van der Waals surface area contributed by atoms with E-state index in [2.05, 4.69) is 15.6 Å². The second kappa shape index (κ2) is 12.7. The van der Waals surface area contributed by atoms with Crippen molar-refractivity contribution in [2.24, 2.45) is 0 Å². The highest BCUT2D eigenvalue weighted by Gasteiger charge is 2.23. The van der Waals surface area contributed by atoms with Crippen LogP contribution >= 0.6 is 0 Å². The van der Waals surface area contributed by atoms with Crippen LogP contribution in [0.25, 0.3) is 5.69 Å². The Labute approximate surface area is 250 Å². The van der Waals surface area contributed by atoms with Gasteiger partial charge in [-0.05, 0) is 56.5 Å². The predicted molar refractivity (Wildman–Crippen MR) is 163 cm³/mol. The van der Waals surface area contributed by atoms with E-state index in [0.29, 0.717) is 35.7 Å². The average Bonchev–Trinajstić information content (AvgIpc) is 3.64. The lowest BCUT2D eigenvalue weighted by molar-refractivity contribution is 0.0859. The van der Waals surface area contributed by atoms with Gasteiger partial charge in [-0.3, -0.25) is 15.1 Å². The van der Waals surface area contributed by atoms with Crippen molar-refractivity contribution in [2.45, 2.75) is 64.9 Å². The highest BCUT2D eigenvalue weighted by atomic mass is 19.1. The zero-order valence-electron chi connectivity index (χ0n) is 24.8. The Bertz CT molecular complexity index is 1620. The first-order valence-electron chi connectivity index (χ1n) is 14.4. The van der Waals surface area contributed by atoms with Crippen LogP contribution in [0.15, 0.2) is 66.9 Å². The number of halogens is 1. The van der Waals surface area contributed by atoms with Gasteiger partial charge in [-0.2, -0.15) is 5.10 Å². The number of benzene rings is 2. The maximum absolute atomic E-state index is 14.9. The van der Waals surface area contributed by atoms with Crippen LogP contribution < -0.4 is 15.4 Å². The third-order valence-electron chi connectivity index (χ3n) is 7.14. The van der Waals surface area contributed by atoms with Crippen molar-refractivity contribution in [3.05, 3.63) is 89.6 Å². The van der Waals surface area contributed by atoms with Crippen LogP contribution in [0.5, 0.6) is 11.5 Å². The second-order valence-corrected chi connectivity index (χ2v) is 11.7. The van der Waals surface area contributed by atoms with Crippen molar-refractivity contribution in [2.75, 3.05) is 17.2 Å². The number of hydrogen-bond donors (Lipinski definition) is 2. The van der Waals surface area contributed by atoms with Gasteiger partial charge in [-0.1, -0.05) is 32.9 Å². The number of urea groups is 1. The van der Waals surface area contributed by atoms with E-state index < -0.39 is 11.8 Å². The molecule has 224 valence electrons. The van der Waals surface area contributed by atoms with Gasteiger partial charge >= 0.3 is 6.03 Å². The summed E-state index contributed by atoms with van der Waals surface area (Å²) < 4.78 is 27.9. The number of ether oxygens (including phenoxy) is 2. The molecule has 3 heterocycles. The third kappa shape index (κ3) is 7.64. The Morgan fingerprint density at radius 1 is 1.07 bits per heavy atom. The maximum atomic E-state index is 14.9. The van der Waals surface area contributed by atoms with E-state index in [1.54, 1.807) is 53.3 Å². The molecule has 1 aliphatic rings. The zero-order valence-corrected chi connectivity index (χ0v) is 24.8. The molecule has 0 radical (unpaired) electrons. The molecule has 10 heteroatoms. The summed E-state index contributed by atoms with van der Waals surface area (Å²) in [5.41, 5.74) is 2.35. The number of rotatable bonds is 9. The van der Waals surface area contributed by atoms with Gasteiger partial charge in [0.1, 0.15) is 23.1 Å². The van der Waals surface area contributed by atoms with Crippen molar-refractivity contribution >= 4 is 23.3 Å². The van der Waals surface area contributed by atoms with Crippen LogP contribution in [0, 0.1) is 12.7 Å². The molecule has 1 aliphatic heterocycles. The normalized spacial score (nSPS) is 14.9. The van der Waals surface area contributed by atoms with Crippen molar-refractivity contribution in [1.29, 1.82) is 0 Å². The Morgan fingerprint density at radius 2 is 1.88 bits per heavy atom. The average molecular weight is 586 g/mol. The van der Waals surface area contributed by atoms with Gasteiger partial charge in [0.2, 0.25) is 0 Å². The number of nitrogens with zero attached hydrogens (tertiary/aromatic N) is 3. The van der Waals surface area contributed by atoms with Gasteiger partial charge in [-0.15, -0.1) is 0 Å². The Balaban J connectivity index is 1.31. The number of nitrogens with one attached hydrogen (secondary N) is 2. The highest BCUT2D eigenvalue weighted by molar-refractivity contribution is 6.00. The molecule has 0 saturated carbocycles. The number of ketones is 1. The minimum atomic E-state index is -0.656. The van der Waals surface area contributed by atoms with Crippen LogP contribution in [0.1, 0.15) is 68.2 Å². The SMILES string of the molecule is Cc1cc(Oc2ccc(NC(=O)Nc3cc(C(C)(C)C)nn3-c3cccc(C(=O)CCC4CCCO4)c3)c(F)c2)ccn1. The predicted octanol–water partition coefficient (Wildman–Crippen LogP) is 7.59. The van der Waals surface area contributed by atoms with Gasteiger partial charge in [0.25, 0.3) is 0 Å². The summed E-state index contributed by atoms with van der Waals surface area (Å²) in [7, 11) is 0. The van der Waals surface area contributed by atoms with Gasteiger partial charge in [0.15, 0.2) is 5.78 Å². The number of carbonyl (C=O) groups excluding carboxylic acids is 2.